The number of hydrogen-bond donors (Lipinski definition) is 1. The Morgan fingerprint density at radius 1 is 1.44 bits per heavy atom. The summed E-state index contributed by atoms with van der Waals surface area (Å²) in [5, 5.41) is 0.519. The van der Waals surface area contributed by atoms with Crippen LogP contribution in [0.3, 0.4) is 0 Å². The van der Waals surface area contributed by atoms with Crippen LogP contribution in [-0.2, 0) is 6.54 Å². The van der Waals surface area contributed by atoms with E-state index in [0.717, 1.165) is 4.57 Å². The lowest BCUT2D eigenvalue weighted by molar-refractivity contribution is -0.139. The zero-order valence-corrected chi connectivity index (χ0v) is 8.43. The molecule has 0 aliphatic rings. The van der Waals surface area contributed by atoms with Gasteiger partial charge in [0, 0.05) is 17.3 Å². The zero-order chi connectivity index (χ0) is 11.9. The van der Waals surface area contributed by atoms with Crippen LogP contribution in [0.1, 0.15) is 5.69 Å². The number of aromatic amines is 1. The average Bonchev–Trinajstić information content (AvgIpc) is 2.44. The number of aryl methyl sites for hydroxylation is 1. The van der Waals surface area contributed by atoms with Gasteiger partial charge in [-0.25, -0.2) is 0 Å². The summed E-state index contributed by atoms with van der Waals surface area (Å²) in [5.74, 6) is 0. The lowest BCUT2D eigenvalue weighted by atomic mass is 10.3. The number of pyridine rings is 1. The normalized spacial score (nSPS) is 12.2. The maximum Gasteiger partial charge on any atom is 0.406 e. The van der Waals surface area contributed by atoms with Gasteiger partial charge in [-0.3, -0.25) is 4.79 Å². The average molecular weight is 230 g/mol. The Morgan fingerprint density at radius 2 is 2.12 bits per heavy atom. The van der Waals surface area contributed by atoms with Gasteiger partial charge in [-0.15, -0.1) is 0 Å². The Balaban J connectivity index is 2.61. The number of nitrogens with one attached hydrogen (secondary N) is 1. The van der Waals surface area contributed by atoms with E-state index in [1.165, 1.54) is 12.3 Å². The molecule has 0 bridgehead atoms. The fraction of sp³-hybridized carbons (Fsp3) is 0.300. The summed E-state index contributed by atoms with van der Waals surface area (Å²) in [6.07, 6.45) is -3.06. The summed E-state index contributed by atoms with van der Waals surface area (Å²) in [5.41, 5.74) is 0.189. The van der Waals surface area contributed by atoms with Crippen molar-refractivity contribution in [3.63, 3.8) is 0 Å². The van der Waals surface area contributed by atoms with Crippen molar-refractivity contribution >= 4 is 10.9 Å². The third-order valence-electron chi connectivity index (χ3n) is 2.24. The quantitative estimate of drug-likeness (QED) is 0.801. The molecule has 0 aliphatic heterocycles. The smallest absolute Gasteiger partial charge is 0.334 e. The van der Waals surface area contributed by atoms with Crippen molar-refractivity contribution in [2.75, 3.05) is 0 Å². The number of hydrogen-bond acceptors (Lipinski definition) is 1. The van der Waals surface area contributed by atoms with E-state index in [9.17, 15) is 18.0 Å². The van der Waals surface area contributed by atoms with Crippen molar-refractivity contribution < 1.29 is 13.2 Å². The molecule has 0 amide bonds. The van der Waals surface area contributed by atoms with E-state index in [2.05, 4.69) is 4.98 Å². The van der Waals surface area contributed by atoms with E-state index in [4.69, 9.17) is 0 Å². The van der Waals surface area contributed by atoms with Crippen molar-refractivity contribution in [2.45, 2.75) is 19.6 Å². The van der Waals surface area contributed by atoms with E-state index < -0.39 is 18.3 Å². The fourth-order valence-electron chi connectivity index (χ4n) is 1.70. The second-order valence-electron chi connectivity index (χ2n) is 3.64. The molecule has 2 aromatic rings. The first-order valence-electron chi connectivity index (χ1n) is 4.62. The van der Waals surface area contributed by atoms with Crippen LogP contribution >= 0.6 is 0 Å². The molecule has 0 fully saturated rings. The van der Waals surface area contributed by atoms with Crippen molar-refractivity contribution in [3.05, 3.63) is 34.4 Å². The number of nitrogens with zero attached hydrogens (tertiary/aromatic N) is 1. The lowest BCUT2D eigenvalue weighted by Gasteiger charge is -2.08. The zero-order valence-electron chi connectivity index (χ0n) is 8.43. The molecule has 0 radical (unpaired) electrons. The molecular formula is C10H9F3N2O. The molecule has 2 rings (SSSR count). The summed E-state index contributed by atoms with van der Waals surface area (Å²) in [6.45, 7) is 0.532. The van der Waals surface area contributed by atoms with E-state index in [1.807, 2.05) is 0 Å². The monoisotopic (exact) mass is 230 g/mol. The number of aromatic nitrogens is 2. The lowest BCUT2D eigenvalue weighted by Crippen LogP contribution is -2.20. The molecule has 2 heterocycles. The second kappa shape index (κ2) is 3.40. The van der Waals surface area contributed by atoms with Crippen LogP contribution in [0.5, 0.6) is 0 Å². The van der Waals surface area contributed by atoms with Crippen LogP contribution in [0.25, 0.3) is 10.9 Å². The van der Waals surface area contributed by atoms with Crippen LogP contribution in [0.2, 0.25) is 0 Å². The topological polar surface area (TPSA) is 37.8 Å². The summed E-state index contributed by atoms with van der Waals surface area (Å²) >= 11 is 0. The molecule has 0 unspecified atom stereocenters. The summed E-state index contributed by atoms with van der Waals surface area (Å²) in [7, 11) is 0. The van der Waals surface area contributed by atoms with Crippen LogP contribution in [-0.4, -0.2) is 15.7 Å². The van der Waals surface area contributed by atoms with E-state index in [-0.39, 0.29) is 5.52 Å². The maximum absolute atomic E-state index is 12.2. The summed E-state index contributed by atoms with van der Waals surface area (Å²) in [4.78, 5) is 14.0. The van der Waals surface area contributed by atoms with E-state index in [1.54, 1.807) is 13.0 Å². The highest BCUT2D eigenvalue weighted by Crippen LogP contribution is 2.21. The first-order chi connectivity index (χ1) is 7.37. The molecular weight excluding hydrogens is 221 g/mol. The standard InChI is InChI=1S/C10H9F3N2O/c1-6-4-7-2-3-15(5-10(11,12)13)8(7)9(16)14-6/h2-4H,5H2,1H3,(H,14,16). The highest BCUT2D eigenvalue weighted by molar-refractivity contribution is 5.79. The van der Waals surface area contributed by atoms with E-state index >= 15 is 0 Å². The Labute approximate surface area is 88.5 Å². The number of halogens is 3. The van der Waals surface area contributed by atoms with Gasteiger partial charge in [0.2, 0.25) is 0 Å². The molecule has 0 atom stereocenters. The van der Waals surface area contributed by atoms with Gasteiger partial charge in [0.05, 0.1) is 0 Å². The third kappa shape index (κ3) is 1.95. The maximum atomic E-state index is 12.2. The Kier molecular flexibility index (Phi) is 2.29. The van der Waals surface area contributed by atoms with Crippen LogP contribution < -0.4 is 5.56 Å². The minimum absolute atomic E-state index is 0.0583. The predicted molar refractivity (Wildman–Crippen MR) is 53.4 cm³/mol. The molecule has 86 valence electrons. The van der Waals surface area contributed by atoms with Gasteiger partial charge in [0.1, 0.15) is 12.1 Å². The van der Waals surface area contributed by atoms with Gasteiger partial charge in [-0.2, -0.15) is 13.2 Å². The van der Waals surface area contributed by atoms with Crippen LogP contribution in [0.15, 0.2) is 23.1 Å². The fourth-order valence-corrected chi connectivity index (χ4v) is 1.70. The van der Waals surface area contributed by atoms with Gasteiger partial charge < -0.3 is 9.55 Å². The number of alkyl halides is 3. The van der Waals surface area contributed by atoms with Gasteiger partial charge >= 0.3 is 6.18 Å². The SMILES string of the molecule is Cc1cc2ccn(CC(F)(F)F)c2c(=O)[nH]1. The third-order valence-corrected chi connectivity index (χ3v) is 2.24. The van der Waals surface area contributed by atoms with Crippen LogP contribution in [0.4, 0.5) is 13.2 Å². The number of rotatable bonds is 1. The molecule has 1 N–H and O–H groups in total. The highest BCUT2D eigenvalue weighted by atomic mass is 19.4. The number of fused-ring (bicyclic) bond motifs is 1. The Hall–Kier alpha value is -1.72. The molecule has 0 aliphatic carbocycles. The minimum atomic E-state index is -4.33. The predicted octanol–water partition coefficient (Wildman–Crippen LogP) is 2.20. The van der Waals surface area contributed by atoms with Gasteiger partial charge in [-0.1, -0.05) is 0 Å². The minimum Gasteiger partial charge on any atom is -0.334 e. The molecule has 3 nitrogen and oxygen atoms in total. The molecule has 16 heavy (non-hydrogen) atoms. The summed E-state index contributed by atoms with van der Waals surface area (Å²) < 4.78 is 37.6. The van der Waals surface area contributed by atoms with Crippen molar-refractivity contribution in [1.82, 2.24) is 9.55 Å². The molecule has 0 saturated heterocycles. The Morgan fingerprint density at radius 3 is 2.75 bits per heavy atom. The van der Waals surface area contributed by atoms with Crippen LogP contribution in [0, 0.1) is 6.92 Å². The van der Waals surface area contributed by atoms with Crippen molar-refractivity contribution in [1.29, 1.82) is 0 Å². The highest BCUT2D eigenvalue weighted by Gasteiger charge is 2.28. The van der Waals surface area contributed by atoms with Gasteiger partial charge in [-0.05, 0) is 19.1 Å². The summed E-state index contributed by atoms with van der Waals surface area (Å²) in [6, 6.07) is 3.15. The molecule has 0 saturated carbocycles. The largest absolute Gasteiger partial charge is 0.406 e. The first-order valence-corrected chi connectivity index (χ1v) is 4.62. The first kappa shape index (κ1) is 10.8. The van der Waals surface area contributed by atoms with Crippen molar-refractivity contribution in [3.8, 4) is 0 Å². The Bertz CT molecular complexity index is 580. The van der Waals surface area contributed by atoms with E-state index in [0.29, 0.717) is 11.1 Å². The molecule has 0 spiro atoms. The van der Waals surface area contributed by atoms with Gasteiger partial charge in [0.25, 0.3) is 5.56 Å². The molecule has 2 aromatic heterocycles. The molecule has 0 aromatic carbocycles. The van der Waals surface area contributed by atoms with Crippen molar-refractivity contribution in [2.24, 2.45) is 0 Å². The van der Waals surface area contributed by atoms with Gasteiger partial charge in [0.15, 0.2) is 0 Å². The number of H-pyrrole nitrogens is 1. The molecule has 6 heteroatoms. The second-order valence-corrected chi connectivity index (χ2v) is 3.64.